The third-order valence-electron chi connectivity index (χ3n) is 4.23. The van der Waals surface area contributed by atoms with E-state index in [0.29, 0.717) is 23.6 Å². The Labute approximate surface area is 149 Å². The minimum atomic E-state index is 0.0542. The monoisotopic (exact) mass is 343 g/mol. The zero-order valence-corrected chi connectivity index (χ0v) is 13.9. The van der Waals surface area contributed by atoms with Crippen LogP contribution in [0, 0.1) is 5.41 Å². The zero-order valence-electron chi connectivity index (χ0n) is 13.9. The summed E-state index contributed by atoms with van der Waals surface area (Å²) in [6.45, 7) is 0.559. The largest absolute Gasteiger partial charge is 0.384 e. The van der Waals surface area contributed by atoms with Crippen LogP contribution in [0.5, 0.6) is 0 Å². The Hall–Kier alpha value is -3.74. The molecule has 5 N–H and O–H groups in total. The first-order chi connectivity index (χ1) is 12.6. The highest BCUT2D eigenvalue weighted by Crippen LogP contribution is 2.30. The van der Waals surface area contributed by atoms with Crippen LogP contribution in [0.1, 0.15) is 11.1 Å². The van der Waals surface area contributed by atoms with E-state index in [2.05, 4.69) is 15.3 Å². The number of nitrogen functional groups attached to an aromatic ring is 2. The molecule has 0 aliphatic heterocycles. The van der Waals surface area contributed by atoms with Crippen molar-refractivity contribution in [3.63, 3.8) is 0 Å². The minimum absolute atomic E-state index is 0.0542. The summed E-state index contributed by atoms with van der Waals surface area (Å²) in [6, 6.07) is 15.4. The van der Waals surface area contributed by atoms with Crippen LogP contribution in [0.15, 0.2) is 60.9 Å². The Balaban J connectivity index is 1.67. The molecule has 0 unspecified atom stereocenters. The molecular weight excluding hydrogens is 326 g/mol. The van der Waals surface area contributed by atoms with Crippen LogP contribution in [0.4, 0.5) is 5.82 Å². The SMILES string of the molecule is N=C(N)c1ccc(Cn2cc(-c3c(N)ncc4ccccc34)nn2)cc1. The molecule has 0 fully saturated rings. The topological polar surface area (TPSA) is 119 Å². The number of amidine groups is 1. The maximum absolute atomic E-state index is 7.44. The quantitative estimate of drug-likeness (QED) is 0.388. The van der Waals surface area contributed by atoms with Crippen LogP contribution in [-0.4, -0.2) is 25.8 Å². The van der Waals surface area contributed by atoms with Crippen LogP contribution in [-0.2, 0) is 6.54 Å². The molecule has 0 aliphatic carbocycles. The van der Waals surface area contributed by atoms with Gasteiger partial charge in [0.15, 0.2) is 0 Å². The summed E-state index contributed by atoms with van der Waals surface area (Å²) in [6.07, 6.45) is 3.62. The first-order valence-electron chi connectivity index (χ1n) is 8.09. The molecule has 0 bridgehead atoms. The number of aromatic nitrogens is 4. The fourth-order valence-electron chi connectivity index (χ4n) is 2.92. The molecule has 2 heterocycles. The van der Waals surface area contributed by atoms with Crippen molar-refractivity contribution in [2.75, 3.05) is 5.73 Å². The van der Waals surface area contributed by atoms with E-state index < -0.39 is 0 Å². The molecule has 0 radical (unpaired) electrons. The predicted molar refractivity (Wildman–Crippen MR) is 102 cm³/mol. The van der Waals surface area contributed by atoms with E-state index in [0.717, 1.165) is 21.9 Å². The highest BCUT2D eigenvalue weighted by Gasteiger charge is 2.13. The summed E-state index contributed by atoms with van der Waals surface area (Å²) in [5.74, 6) is 0.486. The van der Waals surface area contributed by atoms with Crippen LogP contribution in [0.3, 0.4) is 0 Å². The van der Waals surface area contributed by atoms with Crippen molar-refractivity contribution >= 4 is 22.4 Å². The second-order valence-electron chi connectivity index (χ2n) is 6.02. The second kappa shape index (κ2) is 6.29. The minimum Gasteiger partial charge on any atom is -0.384 e. The number of nitrogens with one attached hydrogen (secondary N) is 1. The van der Waals surface area contributed by atoms with Gasteiger partial charge in [-0.25, -0.2) is 9.67 Å². The Morgan fingerprint density at radius 2 is 1.85 bits per heavy atom. The number of nitrogens with zero attached hydrogens (tertiary/aromatic N) is 4. The number of hydrogen-bond donors (Lipinski definition) is 3. The van der Waals surface area contributed by atoms with Crippen LogP contribution in [0.25, 0.3) is 22.0 Å². The van der Waals surface area contributed by atoms with E-state index in [4.69, 9.17) is 16.9 Å². The molecule has 0 atom stereocenters. The van der Waals surface area contributed by atoms with Crippen molar-refractivity contribution in [1.29, 1.82) is 5.41 Å². The molecule has 0 saturated heterocycles. The van der Waals surface area contributed by atoms with Crippen LogP contribution < -0.4 is 11.5 Å². The predicted octanol–water partition coefficient (Wildman–Crippen LogP) is 2.41. The van der Waals surface area contributed by atoms with Crippen molar-refractivity contribution in [3.05, 3.63) is 72.1 Å². The van der Waals surface area contributed by atoms with Crippen molar-refractivity contribution in [2.24, 2.45) is 5.73 Å². The molecule has 0 amide bonds. The Morgan fingerprint density at radius 3 is 2.62 bits per heavy atom. The number of pyridine rings is 1. The standard InChI is InChI=1S/C19H17N7/c20-18(21)13-7-5-12(6-8-13)10-26-11-16(24-25-26)17-15-4-2-1-3-14(15)9-23-19(17)22/h1-9,11H,10H2,(H3,20,21)(H2,22,23). The van der Waals surface area contributed by atoms with Gasteiger partial charge in [-0.15, -0.1) is 5.10 Å². The molecule has 4 aromatic rings. The van der Waals surface area contributed by atoms with Crippen LogP contribution in [0.2, 0.25) is 0 Å². The summed E-state index contributed by atoms with van der Waals surface area (Å²) < 4.78 is 1.75. The van der Waals surface area contributed by atoms with Gasteiger partial charge in [-0.2, -0.15) is 0 Å². The van der Waals surface area contributed by atoms with Crippen molar-refractivity contribution in [2.45, 2.75) is 6.54 Å². The van der Waals surface area contributed by atoms with Gasteiger partial charge in [-0.05, 0) is 10.9 Å². The van der Waals surface area contributed by atoms with Gasteiger partial charge in [0.05, 0.1) is 18.3 Å². The summed E-state index contributed by atoms with van der Waals surface area (Å²) in [5, 5.41) is 17.9. The Bertz CT molecular complexity index is 1100. The summed E-state index contributed by atoms with van der Waals surface area (Å²) in [5.41, 5.74) is 14.8. The van der Waals surface area contributed by atoms with Gasteiger partial charge in [0.1, 0.15) is 17.3 Å². The normalized spacial score (nSPS) is 10.9. The Morgan fingerprint density at radius 1 is 1.08 bits per heavy atom. The van der Waals surface area contributed by atoms with Crippen molar-refractivity contribution < 1.29 is 0 Å². The fraction of sp³-hybridized carbons (Fsp3) is 0.0526. The lowest BCUT2D eigenvalue weighted by atomic mass is 10.0. The van der Waals surface area contributed by atoms with Crippen molar-refractivity contribution in [1.82, 2.24) is 20.0 Å². The third-order valence-corrected chi connectivity index (χ3v) is 4.23. The molecule has 0 saturated carbocycles. The molecule has 128 valence electrons. The van der Waals surface area contributed by atoms with E-state index in [-0.39, 0.29) is 5.84 Å². The number of anilines is 1. The van der Waals surface area contributed by atoms with Gasteiger partial charge in [-0.3, -0.25) is 5.41 Å². The summed E-state index contributed by atoms with van der Waals surface area (Å²) in [7, 11) is 0. The lowest BCUT2D eigenvalue weighted by molar-refractivity contribution is 0.650. The number of hydrogen-bond acceptors (Lipinski definition) is 5. The summed E-state index contributed by atoms with van der Waals surface area (Å²) in [4.78, 5) is 4.27. The fourth-order valence-corrected chi connectivity index (χ4v) is 2.92. The first-order valence-corrected chi connectivity index (χ1v) is 8.09. The van der Waals surface area contributed by atoms with E-state index in [1.807, 2.05) is 54.7 Å². The average molecular weight is 343 g/mol. The number of rotatable bonds is 4. The van der Waals surface area contributed by atoms with Gasteiger partial charge in [0, 0.05) is 17.1 Å². The van der Waals surface area contributed by atoms with Crippen molar-refractivity contribution in [3.8, 4) is 11.3 Å². The number of benzene rings is 2. The van der Waals surface area contributed by atoms with E-state index in [9.17, 15) is 0 Å². The second-order valence-corrected chi connectivity index (χ2v) is 6.02. The zero-order chi connectivity index (χ0) is 18.1. The molecule has 0 spiro atoms. The Kier molecular flexibility index (Phi) is 3.81. The first kappa shape index (κ1) is 15.8. The number of fused-ring (bicyclic) bond motifs is 1. The summed E-state index contributed by atoms with van der Waals surface area (Å²) >= 11 is 0. The smallest absolute Gasteiger partial charge is 0.133 e. The van der Waals surface area contributed by atoms with E-state index in [1.54, 1.807) is 10.9 Å². The van der Waals surface area contributed by atoms with Crippen LogP contribution >= 0.6 is 0 Å². The third kappa shape index (κ3) is 2.86. The van der Waals surface area contributed by atoms with E-state index in [1.165, 1.54) is 0 Å². The maximum atomic E-state index is 7.44. The highest BCUT2D eigenvalue weighted by molar-refractivity contribution is 5.99. The molecule has 7 heteroatoms. The van der Waals surface area contributed by atoms with Gasteiger partial charge < -0.3 is 11.5 Å². The van der Waals surface area contributed by atoms with Gasteiger partial charge >= 0.3 is 0 Å². The molecular formula is C19H17N7. The lowest BCUT2D eigenvalue weighted by Gasteiger charge is -2.06. The van der Waals surface area contributed by atoms with Gasteiger partial charge in [-0.1, -0.05) is 53.7 Å². The molecule has 4 rings (SSSR count). The number of nitrogens with two attached hydrogens (primary N) is 2. The molecule has 26 heavy (non-hydrogen) atoms. The highest BCUT2D eigenvalue weighted by atomic mass is 15.4. The molecule has 2 aromatic carbocycles. The van der Waals surface area contributed by atoms with Gasteiger partial charge in [0.25, 0.3) is 0 Å². The molecule has 0 aliphatic rings. The van der Waals surface area contributed by atoms with E-state index >= 15 is 0 Å². The van der Waals surface area contributed by atoms with Gasteiger partial charge in [0.2, 0.25) is 0 Å². The molecule has 2 aromatic heterocycles. The maximum Gasteiger partial charge on any atom is 0.133 e. The average Bonchev–Trinajstić information content (AvgIpc) is 3.10. The molecule has 7 nitrogen and oxygen atoms in total. The lowest BCUT2D eigenvalue weighted by Crippen LogP contribution is -2.11.